The minimum Gasteiger partial charge on any atom is -0.756 e. The molecular formula is C14H28NO6P. The summed E-state index contributed by atoms with van der Waals surface area (Å²) in [6.45, 7) is 6.73. The maximum Gasteiger partial charge on any atom is 0.266 e. The van der Waals surface area contributed by atoms with Crippen LogP contribution in [0.3, 0.4) is 0 Å². The van der Waals surface area contributed by atoms with Gasteiger partial charge in [0.05, 0.1) is 33.9 Å². The van der Waals surface area contributed by atoms with Gasteiger partial charge in [-0.15, -0.1) is 13.2 Å². The Hall–Kier alpha value is -0.530. The minimum absolute atomic E-state index is 0.0743. The molecule has 3 N–H and O–H groups in total. The van der Waals surface area contributed by atoms with Gasteiger partial charge >= 0.3 is 0 Å². The van der Waals surface area contributed by atoms with Gasteiger partial charge in [-0.1, -0.05) is 12.2 Å². The van der Waals surface area contributed by atoms with Crippen LogP contribution in [-0.4, -0.2) is 65.1 Å². The molecule has 0 saturated carbocycles. The van der Waals surface area contributed by atoms with Crippen molar-refractivity contribution in [2.45, 2.75) is 37.0 Å². The van der Waals surface area contributed by atoms with Crippen molar-refractivity contribution in [2.24, 2.45) is 0 Å². The van der Waals surface area contributed by atoms with Crippen LogP contribution in [0.2, 0.25) is 0 Å². The van der Waals surface area contributed by atoms with E-state index in [0.29, 0.717) is 10.9 Å². The Labute approximate surface area is 132 Å². The number of aliphatic hydroxyl groups is 2. The van der Waals surface area contributed by atoms with Gasteiger partial charge in [-0.05, 0) is 0 Å². The molecule has 0 aromatic heterocycles. The third-order valence-corrected chi connectivity index (χ3v) is 4.11. The van der Waals surface area contributed by atoms with Gasteiger partial charge in [0.25, 0.3) is 7.82 Å². The van der Waals surface area contributed by atoms with E-state index in [0.717, 1.165) is 0 Å². The standard InChI is InChI=1S/C14H28NO6P/c1-6-8-13(15(3,4)5)14(9-7-2,10-12(17)11-16)21-22(18,19)20/h6-7,12-13,16-17H,1-2,8-11H2,3-5H3,(H-,18,19,20). The lowest BCUT2D eigenvalue weighted by Gasteiger charge is -2.48. The van der Waals surface area contributed by atoms with E-state index in [1.807, 2.05) is 21.1 Å². The van der Waals surface area contributed by atoms with Crippen molar-refractivity contribution < 1.29 is 33.6 Å². The summed E-state index contributed by atoms with van der Waals surface area (Å²) in [6.07, 6.45) is 2.18. The molecule has 0 aromatic carbocycles. The monoisotopic (exact) mass is 337 g/mol. The number of hydrogen-bond acceptors (Lipinski definition) is 5. The average Bonchev–Trinajstić information content (AvgIpc) is 2.32. The lowest BCUT2D eigenvalue weighted by atomic mass is 9.81. The number of phosphoric acid groups is 1. The Morgan fingerprint density at radius 1 is 1.36 bits per heavy atom. The average molecular weight is 337 g/mol. The summed E-state index contributed by atoms with van der Waals surface area (Å²) in [4.78, 5) is 20.6. The lowest BCUT2D eigenvalue weighted by molar-refractivity contribution is -0.903. The van der Waals surface area contributed by atoms with Crippen LogP contribution in [-0.2, 0) is 9.09 Å². The van der Waals surface area contributed by atoms with Crippen LogP contribution in [0.4, 0.5) is 0 Å². The quantitative estimate of drug-likeness (QED) is 0.282. The molecule has 4 atom stereocenters. The molecule has 4 unspecified atom stereocenters. The van der Waals surface area contributed by atoms with E-state index in [4.69, 9.17) is 9.63 Å². The van der Waals surface area contributed by atoms with Crippen molar-refractivity contribution in [2.75, 3.05) is 27.7 Å². The number of rotatable bonds is 11. The first-order valence-electron chi connectivity index (χ1n) is 6.98. The first kappa shape index (κ1) is 21.5. The van der Waals surface area contributed by atoms with E-state index >= 15 is 0 Å². The Balaban J connectivity index is 5.99. The molecule has 0 amide bonds. The normalized spacial score (nSPS) is 20.5. The van der Waals surface area contributed by atoms with Crippen LogP contribution in [0, 0.1) is 0 Å². The van der Waals surface area contributed by atoms with Crippen molar-refractivity contribution in [1.82, 2.24) is 0 Å². The van der Waals surface area contributed by atoms with E-state index in [1.54, 1.807) is 6.08 Å². The first-order chi connectivity index (χ1) is 9.91. The predicted molar refractivity (Wildman–Crippen MR) is 82.8 cm³/mol. The number of nitrogens with zero attached hydrogens (tertiary/aromatic N) is 1. The third kappa shape index (κ3) is 6.71. The smallest absolute Gasteiger partial charge is 0.266 e. The molecule has 0 bridgehead atoms. The van der Waals surface area contributed by atoms with Gasteiger partial charge in [0.2, 0.25) is 0 Å². The fourth-order valence-corrected chi connectivity index (χ4v) is 3.55. The number of phosphoric ester groups is 1. The van der Waals surface area contributed by atoms with E-state index < -0.39 is 32.2 Å². The second-order valence-electron chi connectivity index (χ2n) is 6.31. The van der Waals surface area contributed by atoms with Crippen molar-refractivity contribution >= 4 is 7.82 Å². The van der Waals surface area contributed by atoms with Gasteiger partial charge in [-0.25, -0.2) is 0 Å². The van der Waals surface area contributed by atoms with E-state index in [1.165, 1.54) is 6.08 Å². The third-order valence-electron chi connectivity index (χ3n) is 3.51. The second kappa shape index (κ2) is 8.36. The molecule has 22 heavy (non-hydrogen) atoms. The summed E-state index contributed by atoms with van der Waals surface area (Å²) in [7, 11) is 0.458. The van der Waals surface area contributed by atoms with Crippen molar-refractivity contribution in [3.63, 3.8) is 0 Å². The first-order valence-corrected chi connectivity index (χ1v) is 8.48. The molecule has 8 heteroatoms. The molecule has 130 valence electrons. The summed E-state index contributed by atoms with van der Waals surface area (Å²) in [5.74, 6) is 0. The van der Waals surface area contributed by atoms with Crippen LogP contribution in [0.25, 0.3) is 0 Å². The molecule has 0 aliphatic heterocycles. The summed E-state index contributed by atoms with van der Waals surface area (Å²) >= 11 is 0. The number of hydrogen-bond donors (Lipinski definition) is 3. The van der Waals surface area contributed by atoms with Crippen molar-refractivity contribution in [1.29, 1.82) is 0 Å². The van der Waals surface area contributed by atoms with Gasteiger partial charge in [0, 0.05) is 19.3 Å². The molecule has 0 radical (unpaired) electrons. The van der Waals surface area contributed by atoms with Crippen molar-refractivity contribution in [3.05, 3.63) is 25.3 Å². The van der Waals surface area contributed by atoms with Crippen LogP contribution in [0.5, 0.6) is 0 Å². The number of likely N-dealkylation sites (N-methyl/N-ethyl adjacent to an activating group) is 1. The SMILES string of the molecule is C=CCC(C(CC=C)(CC(O)CO)OP(=O)([O-])O)[N+](C)(C)C. The highest BCUT2D eigenvalue weighted by molar-refractivity contribution is 7.44. The largest absolute Gasteiger partial charge is 0.756 e. The Morgan fingerprint density at radius 2 is 1.91 bits per heavy atom. The van der Waals surface area contributed by atoms with Crippen LogP contribution >= 0.6 is 7.82 Å². The number of aliphatic hydroxyl groups excluding tert-OH is 2. The minimum atomic E-state index is -5.07. The van der Waals surface area contributed by atoms with Gasteiger partial charge < -0.3 is 29.0 Å². The zero-order valence-corrected chi connectivity index (χ0v) is 14.4. The molecule has 0 fully saturated rings. The Morgan fingerprint density at radius 3 is 2.23 bits per heavy atom. The van der Waals surface area contributed by atoms with Crippen molar-refractivity contribution in [3.8, 4) is 0 Å². The molecule has 0 aliphatic carbocycles. The van der Waals surface area contributed by atoms with E-state index in [-0.39, 0.29) is 12.8 Å². The summed E-state index contributed by atoms with van der Waals surface area (Å²) < 4.78 is 16.7. The second-order valence-corrected chi connectivity index (χ2v) is 7.43. The fraction of sp³-hybridized carbons (Fsp3) is 0.714. The summed E-state index contributed by atoms with van der Waals surface area (Å²) in [5.41, 5.74) is -1.44. The highest BCUT2D eigenvalue weighted by Crippen LogP contribution is 2.45. The number of quaternary nitrogens is 1. The molecule has 0 saturated heterocycles. The molecule has 0 spiro atoms. The predicted octanol–water partition coefficient (Wildman–Crippen LogP) is 0.173. The maximum atomic E-state index is 11.4. The molecular weight excluding hydrogens is 309 g/mol. The van der Waals surface area contributed by atoms with Crippen LogP contribution in [0.1, 0.15) is 19.3 Å². The van der Waals surface area contributed by atoms with Gasteiger partial charge in [0.1, 0.15) is 11.6 Å². The van der Waals surface area contributed by atoms with Crippen LogP contribution < -0.4 is 4.89 Å². The molecule has 0 heterocycles. The zero-order valence-electron chi connectivity index (χ0n) is 13.5. The Bertz CT molecular complexity index is 416. The maximum absolute atomic E-state index is 11.4. The Kier molecular flexibility index (Phi) is 8.16. The van der Waals surface area contributed by atoms with Crippen LogP contribution in [0.15, 0.2) is 25.3 Å². The van der Waals surface area contributed by atoms with Gasteiger partial charge in [-0.3, -0.25) is 4.57 Å². The fourth-order valence-electron chi connectivity index (χ4n) is 2.82. The van der Waals surface area contributed by atoms with Gasteiger partial charge in [-0.2, -0.15) is 0 Å². The summed E-state index contributed by atoms with van der Waals surface area (Å²) in [5, 5.41) is 18.9. The lowest BCUT2D eigenvalue weighted by Crippen LogP contribution is -2.60. The molecule has 7 nitrogen and oxygen atoms in total. The zero-order chi connectivity index (χ0) is 17.6. The highest BCUT2D eigenvalue weighted by Gasteiger charge is 2.49. The topological polar surface area (TPSA) is 110 Å². The van der Waals surface area contributed by atoms with Gasteiger partial charge in [0.15, 0.2) is 0 Å². The highest BCUT2D eigenvalue weighted by atomic mass is 31.2. The summed E-state index contributed by atoms with van der Waals surface area (Å²) in [6, 6.07) is -0.446. The molecule has 0 aromatic rings. The van der Waals surface area contributed by atoms with E-state index in [9.17, 15) is 19.5 Å². The molecule has 0 rings (SSSR count). The van der Waals surface area contributed by atoms with E-state index in [2.05, 4.69) is 13.2 Å². The molecule has 0 aliphatic rings.